The quantitative estimate of drug-likeness (QED) is 0.814. The maximum atomic E-state index is 10.4. The minimum absolute atomic E-state index is 0.0852. The van der Waals surface area contributed by atoms with E-state index in [9.17, 15) is 4.79 Å². The van der Waals surface area contributed by atoms with Crippen molar-refractivity contribution >= 4 is 49.4 Å². The molecule has 0 saturated heterocycles. The van der Waals surface area contributed by atoms with E-state index < -0.39 is 5.97 Å². The van der Waals surface area contributed by atoms with E-state index in [1.54, 1.807) is 0 Å². The third-order valence-electron chi connectivity index (χ3n) is 1.92. The lowest BCUT2D eigenvalue weighted by Gasteiger charge is -2.09. The molecule has 0 bridgehead atoms. The number of hydrogen-bond acceptors (Lipinski definition) is 1. The van der Waals surface area contributed by atoms with Gasteiger partial charge in [0.1, 0.15) is 0 Å². The predicted octanol–water partition coefficient (Wildman–Crippen LogP) is 4.36. The summed E-state index contributed by atoms with van der Waals surface area (Å²) in [6.07, 6.45) is 0.521. The van der Waals surface area contributed by atoms with Crippen LogP contribution >= 0.6 is 43.5 Å². The van der Waals surface area contributed by atoms with Crippen molar-refractivity contribution in [1.82, 2.24) is 0 Å². The van der Waals surface area contributed by atoms with Crippen molar-refractivity contribution in [2.75, 3.05) is 0 Å². The average molecular weight is 356 g/mol. The Balaban J connectivity index is 2.69. The van der Waals surface area contributed by atoms with E-state index in [1.165, 1.54) is 0 Å². The average Bonchev–Trinajstić information content (AvgIpc) is 2.18. The first-order valence-electron chi connectivity index (χ1n) is 4.31. The molecule has 1 aromatic rings. The van der Waals surface area contributed by atoms with Crippen LogP contribution < -0.4 is 0 Å². The number of hydrogen-bond donors (Lipinski definition) is 1. The zero-order chi connectivity index (χ0) is 11.4. The molecule has 82 valence electrons. The maximum Gasteiger partial charge on any atom is 0.303 e. The Morgan fingerprint density at radius 2 is 2.07 bits per heavy atom. The zero-order valence-corrected chi connectivity index (χ0v) is 11.6. The number of benzene rings is 1. The lowest BCUT2D eigenvalue weighted by Crippen LogP contribution is -1.98. The molecule has 0 saturated carbocycles. The summed E-state index contributed by atoms with van der Waals surface area (Å²) in [4.78, 5) is 10.4. The van der Waals surface area contributed by atoms with Crippen LogP contribution in [0.1, 0.15) is 23.8 Å². The molecule has 0 amide bonds. The lowest BCUT2D eigenvalue weighted by molar-refractivity contribution is -0.137. The molecule has 0 aliphatic carbocycles. The monoisotopic (exact) mass is 354 g/mol. The smallest absolute Gasteiger partial charge is 0.303 e. The highest BCUT2D eigenvalue weighted by atomic mass is 79.9. The van der Waals surface area contributed by atoms with Crippen molar-refractivity contribution in [2.45, 2.75) is 18.2 Å². The molecule has 0 heterocycles. The Labute approximate surface area is 110 Å². The second kappa shape index (κ2) is 5.87. The summed E-state index contributed by atoms with van der Waals surface area (Å²) in [5.41, 5.74) is 0.924. The van der Waals surface area contributed by atoms with Crippen molar-refractivity contribution < 1.29 is 9.90 Å². The maximum absolute atomic E-state index is 10.4. The van der Waals surface area contributed by atoms with E-state index in [-0.39, 0.29) is 11.8 Å². The predicted molar refractivity (Wildman–Crippen MR) is 67.3 cm³/mol. The molecule has 15 heavy (non-hydrogen) atoms. The third kappa shape index (κ3) is 4.13. The molecule has 1 atom stereocenters. The largest absolute Gasteiger partial charge is 0.481 e. The van der Waals surface area contributed by atoms with Gasteiger partial charge in [-0.2, -0.15) is 0 Å². The summed E-state index contributed by atoms with van der Waals surface area (Å²) >= 11 is 12.8. The SMILES string of the molecule is O=C(O)CCC(Cl)c1ccc(Br)c(Br)c1. The van der Waals surface area contributed by atoms with Gasteiger partial charge in [0.15, 0.2) is 0 Å². The first-order chi connectivity index (χ1) is 7.00. The van der Waals surface area contributed by atoms with Crippen LogP contribution in [-0.2, 0) is 4.79 Å². The highest BCUT2D eigenvalue weighted by Gasteiger charge is 2.11. The molecule has 0 aliphatic heterocycles. The molecular weight excluding hydrogens is 347 g/mol. The number of carboxylic acid groups (broad SMARTS) is 1. The molecule has 1 unspecified atom stereocenters. The van der Waals surface area contributed by atoms with E-state index in [0.29, 0.717) is 6.42 Å². The Morgan fingerprint density at radius 1 is 1.40 bits per heavy atom. The van der Waals surface area contributed by atoms with Crippen LogP contribution in [0.15, 0.2) is 27.1 Å². The molecule has 5 heteroatoms. The molecule has 0 aromatic heterocycles. The summed E-state index contributed by atoms with van der Waals surface area (Å²) < 4.78 is 1.87. The highest BCUT2D eigenvalue weighted by Crippen LogP contribution is 2.31. The summed E-state index contributed by atoms with van der Waals surface area (Å²) in [6, 6.07) is 5.66. The van der Waals surface area contributed by atoms with Gasteiger partial charge in [-0.25, -0.2) is 0 Å². The van der Waals surface area contributed by atoms with Crippen molar-refractivity contribution in [3.05, 3.63) is 32.7 Å². The number of halogens is 3. The Kier molecular flexibility index (Phi) is 5.09. The Hall–Kier alpha value is -0.0600. The number of carbonyl (C=O) groups is 1. The van der Waals surface area contributed by atoms with Crippen LogP contribution in [0.25, 0.3) is 0 Å². The first-order valence-corrected chi connectivity index (χ1v) is 6.33. The Bertz CT molecular complexity index is 368. The second-order valence-corrected chi connectivity index (χ2v) is 5.31. The van der Waals surface area contributed by atoms with E-state index in [2.05, 4.69) is 31.9 Å². The normalized spacial score (nSPS) is 12.5. The van der Waals surface area contributed by atoms with Crippen molar-refractivity contribution in [1.29, 1.82) is 0 Å². The number of alkyl halides is 1. The minimum Gasteiger partial charge on any atom is -0.481 e. The van der Waals surface area contributed by atoms with E-state index in [0.717, 1.165) is 14.5 Å². The van der Waals surface area contributed by atoms with Crippen LogP contribution in [-0.4, -0.2) is 11.1 Å². The number of aliphatic carboxylic acids is 1. The van der Waals surface area contributed by atoms with Crippen LogP contribution in [0, 0.1) is 0 Å². The molecule has 0 spiro atoms. The summed E-state index contributed by atoms with van der Waals surface area (Å²) in [7, 11) is 0. The van der Waals surface area contributed by atoms with Gasteiger partial charge in [-0.3, -0.25) is 4.79 Å². The highest BCUT2D eigenvalue weighted by molar-refractivity contribution is 9.13. The summed E-state index contributed by atoms with van der Waals surface area (Å²) in [5, 5.41) is 8.27. The molecule has 1 aromatic carbocycles. The summed E-state index contributed by atoms with van der Waals surface area (Å²) in [6.45, 7) is 0. The fourth-order valence-corrected chi connectivity index (χ4v) is 2.01. The van der Waals surface area contributed by atoms with Crippen molar-refractivity contribution in [3.8, 4) is 0 Å². The van der Waals surface area contributed by atoms with Gasteiger partial charge in [0, 0.05) is 15.4 Å². The van der Waals surface area contributed by atoms with Crippen molar-refractivity contribution in [2.24, 2.45) is 0 Å². The van der Waals surface area contributed by atoms with Crippen LogP contribution in [0.3, 0.4) is 0 Å². The van der Waals surface area contributed by atoms with Gasteiger partial charge in [0.25, 0.3) is 0 Å². The van der Waals surface area contributed by atoms with Crippen LogP contribution in [0.4, 0.5) is 0 Å². The minimum atomic E-state index is -0.822. The molecular formula is C10H9Br2ClO2. The van der Waals surface area contributed by atoms with Crippen LogP contribution in [0.2, 0.25) is 0 Å². The van der Waals surface area contributed by atoms with Gasteiger partial charge < -0.3 is 5.11 Å². The first kappa shape index (κ1) is 13.0. The fourth-order valence-electron chi connectivity index (χ4n) is 1.12. The van der Waals surface area contributed by atoms with E-state index in [1.807, 2.05) is 18.2 Å². The van der Waals surface area contributed by atoms with Gasteiger partial charge in [-0.15, -0.1) is 11.6 Å². The van der Waals surface area contributed by atoms with Gasteiger partial charge in [0.2, 0.25) is 0 Å². The van der Waals surface area contributed by atoms with E-state index in [4.69, 9.17) is 16.7 Å². The molecule has 0 fully saturated rings. The molecule has 2 nitrogen and oxygen atoms in total. The lowest BCUT2D eigenvalue weighted by atomic mass is 10.1. The molecule has 0 aliphatic rings. The summed E-state index contributed by atoms with van der Waals surface area (Å²) in [5.74, 6) is -0.822. The van der Waals surface area contributed by atoms with Gasteiger partial charge in [-0.1, -0.05) is 6.07 Å². The molecule has 1 rings (SSSR count). The van der Waals surface area contributed by atoms with E-state index >= 15 is 0 Å². The standard InChI is InChI=1S/C10H9Br2ClO2/c11-7-2-1-6(5-8(7)12)9(13)3-4-10(14)15/h1-2,5,9H,3-4H2,(H,14,15). The number of rotatable bonds is 4. The van der Waals surface area contributed by atoms with Crippen molar-refractivity contribution in [3.63, 3.8) is 0 Å². The van der Waals surface area contributed by atoms with Gasteiger partial charge in [-0.05, 0) is 56.0 Å². The fraction of sp³-hybridized carbons (Fsp3) is 0.300. The van der Waals surface area contributed by atoms with Gasteiger partial charge >= 0.3 is 5.97 Å². The third-order valence-corrected chi connectivity index (χ3v) is 4.27. The number of carboxylic acids is 1. The molecule has 0 radical (unpaired) electrons. The Morgan fingerprint density at radius 3 is 2.60 bits per heavy atom. The van der Waals surface area contributed by atoms with Gasteiger partial charge in [0.05, 0.1) is 5.38 Å². The zero-order valence-electron chi connectivity index (χ0n) is 7.71. The molecule has 1 N–H and O–H groups in total. The topological polar surface area (TPSA) is 37.3 Å². The van der Waals surface area contributed by atoms with Crippen LogP contribution in [0.5, 0.6) is 0 Å². The second-order valence-electron chi connectivity index (χ2n) is 3.07.